The number of carbonyl (C=O) groups is 1. The van der Waals surface area contributed by atoms with Gasteiger partial charge in [0, 0.05) is 17.5 Å². The van der Waals surface area contributed by atoms with E-state index in [1.165, 1.54) is 0 Å². The molecule has 0 aliphatic heterocycles. The first-order chi connectivity index (χ1) is 13.7. The number of carbonyl (C=O) groups excluding carboxylic acids is 1. The molecule has 0 unspecified atom stereocenters. The smallest absolute Gasteiger partial charge is 0.167 e. The van der Waals surface area contributed by atoms with Crippen molar-refractivity contribution in [1.82, 2.24) is 9.97 Å². The minimum absolute atomic E-state index is 0.112. The Hall–Kier alpha value is -3.66. The highest BCUT2D eigenvalue weighted by Gasteiger charge is 2.09. The molecule has 3 aromatic carbocycles. The molecule has 1 aromatic heterocycles. The monoisotopic (exact) mass is 368 g/mol. The van der Waals surface area contributed by atoms with Crippen LogP contribution in [0.25, 0.3) is 22.6 Å². The van der Waals surface area contributed by atoms with E-state index in [2.05, 4.69) is 9.97 Å². The van der Waals surface area contributed by atoms with E-state index in [4.69, 9.17) is 4.74 Å². The average molecular weight is 368 g/mol. The van der Waals surface area contributed by atoms with E-state index in [0.29, 0.717) is 6.42 Å². The predicted octanol–water partition coefficient (Wildman–Crippen LogP) is 5.18. The molecule has 0 aliphatic carbocycles. The fourth-order valence-corrected chi connectivity index (χ4v) is 3.12. The first-order valence-corrected chi connectivity index (χ1v) is 9.10. The molecule has 0 saturated carbocycles. The quantitative estimate of drug-likeness (QED) is 0.477. The summed E-state index contributed by atoms with van der Waals surface area (Å²) in [5, 5.41) is 0. The van der Waals surface area contributed by atoms with Gasteiger partial charge in [-0.3, -0.25) is 4.79 Å². The molecule has 0 aliphatic rings. The summed E-state index contributed by atoms with van der Waals surface area (Å²) >= 11 is 0. The lowest BCUT2D eigenvalue weighted by Crippen LogP contribution is -2.03. The Morgan fingerprint density at radius 1 is 0.929 bits per heavy atom. The Morgan fingerprint density at radius 2 is 1.71 bits per heavy atom. The van der Waals surface area contributed by atoms with Crippen molar-refractivity contribution < 1.29 is 9.53 Å². The molecule has 28 heavy (non-hydrogen) atoms. The summed E-state index contributed by atoms with van der Waals surface area (Å²) in [4.78, 5) is 20.3. The molecule has 138 valence electrons. The number of Topliss-reactive ketones (excluding diaryl/α,β-unsaturated/α-hetero) is 1. The Labute approximate surface area is 163 Å². The molecule has 0 amide bonds. The van der Waals surface area contributed by atoms with Crippen LogP contribution in [0, 0.1) is 0 Å². The molecule has 4 aromatic rings. The highest BCUT2D eigenvalue weighted by Crippen LogP contribution is 2.24. The van der Waals surface area contributed by atoms with Gasteiger partial charge in [0.25, 0.3) is 0 Å². The zero-order valence-corrected chi connectivity index (χ0v) is 15.6. The second kappa shape index (κ2) is 7.92. The van der Waals surface area contributed by atoms with E-state index in [0.717, 1.165) is 39.5 Å². The molecular formula is C24H20N2O2. The molecule has 0 saturated heterocycles. The fraction of sp³-hybridized carbons (Fsp3) is 0.0833. The van der Waals surface area contributed by atoms with Gasteiger partial charge in [0.15, 0.2) is 5.78 Å². The van der Waals surface area contributed by atoms with Crippen LogP contribution in [0.2, 0.25) is 0 Å². The summed E-state index contributed by atoms with van der Waals surface area (Å²) in [5.74, 6) is 1.72. The van der Waals surface area contributed by atoms with Crippen molar-refractivity contribution in [2.75, 3.05) is 7.11 Å². The zero-order chi connectivity index (χ0) is 19.3. The maximum atomic E-state index is 12.5. The van der Waals surface area contributed by atoms with Crippen LogP contribution in [-0.4, -0.2) is 22.9 Å². The number of rotatable bonds is 6. The Morgan fingerprint density at radius 3 is 2.46 bits per heavy atom. The third kappa shape index (κ3) is 3.86. The number of benzene rings is 3. The molecule has 0 fully saturated rings. The average Bonchev–Trinajstić information content (AvgIpc) is 3.25. The second-order valence-corrected chi connectivity index (χ2v) is 6.54. The van der Waals surface area contributed by atoms with Gasteiger partial charge < -0.3 is 9.72 Å². The van der Waals surface area contributed by atoms with Crippen LogP contribution in [0.4, 0.5) is 0 Å². The summed E-state index contributed by atoms with van der Waals surface area (Å²) in [7, 11) is 1.65. The van der Waals surface area contributed by atoms with E-state index in [1.54, 1.807) is 7.11 Å². The molecule has 0 radical (unpaired) electrons. The Bertz CT molecular complexity index is 1080. The van der Waals surface area contributed by atoms with Crippen molar-refractivity contribution in [3.05, 3.63) is 96.2 Å². The van der Waals surface area contributed by atoms with E-state index in [9.17, 15) is 4.79 Å². The van der Waals surface area contributed by atoms with Crippen LogP contribution in [0.3, 0.4) is 0 Å². The lowest BCUT2D eigenvalue weighted by atomic mass is 10.0. The van der Waals surface area contributed by atoms with Gasteiger partial charge in [0.2, 0.25) is 0 Å². The normalized spacial score (nSPS) is 10.6. The predicted molar refractivity (Wildman–Crippen MR) is 110 cm³/mol. The highest BCUT2D eigenvalue weighted by molar-refractivity contribution is 5.97. The van der Waals surface area contributed by atoms with Crippen LogP contribution >= 0.6 is 0 Å². The number of aromatic amines is 1. The van der Waals surface area contributed by atoms with Gasteiger partial charge in [-0.2, -0.15) is 0 Å². The van der Waals surface area contributed by atoms with Gasteiger partial charge >= 0.3 is 0 Å². The molecule has 4 heteroatoms. The van der Waals surface area contributed by atoms with E-state index >= 15 is 0 Å². The molecule has 0 spiro atoms. The van der Waals surface area contributed by atoms with Crippen molar-refractivity contribution >= 4 is 5.78 Å². The van der Waals surface area contributed by atoms with Crippen LogP contribution in [0.5, 0.6) is 5.75 Å². The molecule has 0 bridgehead atoms. The lowest BCUT2D eigenvalue weighted by molar-refractivity contribution is 0.0993. The van der Waals surface area contributed by atoms with Crippen molar-refractivity contribution in [3.63, 3.8) is 0 Å². The molecule has 1 heterocycles. The lowest BCUT2D eigenvalue weighted by Gasteiger charge is -2.04. The third-order valence-electron chi connectivity index (χ3n) is 4.64. The van der Waals surface area contributed by atoms with Crippen molar-refractivity contribution in [2.24, 2.45) is 0 Å². The number of ketones is 1. The Balaban J connectivity index is 1.54. The maximum absolute atomic E-state index is 12.5. The summed E-state index contributed by atoms with van der Waals surface area (Å²) in [6.07, 6.45) is 2.19. The first kappa shape index (κ1) is 17.7. The largest absolute Gasteiger partial charge is 0.497 e. The number of nitrogens with zero attached hydrogens (tertiary/aromatic N) is 1. The Kier molecular flexibility index (Phi) is 5.02. The van der Waals surface area contributed by atoms with E-state index in [-0.39, 0.29) is 5.78 Å². The van der Waals surface area contributed by atoms with Crippen LogP contribution in [0.15, 0.2) is 85.1 Å². The number of hydrogen-bond acceptors (Lipinski definition) is 3. The van der Waals surface area contributed by atoms with Gasteiger partial charge in [-0.1, -0.05) is 48.5 Å². The molecule has 4 rings (SSSR count). The van der Waals surface area contributed by atoms with Gasteiger partial charge in [-0.25, -0.2) is 4.98 Å². The number of H-pyrrole nitrogens is 1. The molecule has 0 atom stereocenters. The van der Waals surface area contributed by atoms with Crippen molar-refractivity contribution in [3.8, 4) is 28.4 Å². The van der Waals surface area contributed by atoms with E-state index in [1.807, 2.05) is 85.1 Å². The number of aromatic nitrogens is 2. The zero-order valence-electron chi connectivity index (χ0n) is 15.6. The second-order valence-electron chi connectivity index (χ2n) is 6.54. The van der Waals surface area contributed by atoms with Gasteiger partial charge in [-0.05, 0) is 41.5 Å². The highest BCUT2D eigenvalue weighted by atomic mass is 16.5. The van der Waals surface area contributed by atoms with Gasteiger partial charge in [-0.15, -0.1) is 0 Å². The number of imidazole rings is 1. The van der Waals surface area contributed by atoms with Crippen LogP contribution in [-0.2, 0) is 6.42 Å². The first-order valence-electron chi connectivity index (χ1n) is 9.10. The summed E-state index contributed by atoms with van der Waals surface area (Å²) in [5.41, 5.74) is 4.62. The number of methoxy groups -OCH3 is 1. The van der Waals surface area contributed by atoms with Gasteiger partial charge in [0.1, 0.15) is 11.6 Å². The SMILES string of the molecule is COc1ccc(-c2ncc(-c3cccc(CC(=O)c4ccccc4)c3)[nH]2)cc1. The standard InChI is InChI=1S/C24H20N2O2/c1-28-21-12-10-19(11-13-21)24-25-16-22(26-24)20-9-5-6-17(14-20)15-23(27)18-7-3-2-4-8-18/h2-14,16H,15H2,1H3,(H,25,26). The topological polar surface area (TPSA) is 55.0 Å². The van der Waals surface area contributed by atoms with E-state index < -0.39 is 0 Å². The summed E-state index contributed by atoms with van der Waals surface area (Å²) < 4.78 is 5.20. The maximum Gasteiger partial charge on any atom is 0.167 e. The minimum atomic E-state index is 0.112. The molecular weight excluding hydrogens is 348 g/mol. The summed E-state index contributed by atoms with van der Waals surface area (Å²) in [6, 6.07) is 25.1. The summed E-state index contributed by atoms with van der Waals surface area (Å²) in [6.45, 7) is 0. The number of nitrogens with one attached hydrogen (secondary N) is 1. The number of ether oxygens (including phenoxy) is 1. The third-order valence-corrected chi connectivity index (χ3v) is 4.64. The number of hydrogen-bond donors (Lipinski definition) is 1. The van der Waals surface area contributed by atoms with Gasteiger partial charge in [0.05, 0.1) is 19.0 Å². The molecule has 4 nitrogen and oxygen atoms in total. The minimum Gasteiger partial charge on any atom is -0.497 e. The molecule has 1 N–H and O–H groups in total. The van der Waals surface area contributed by atoms with Crippen molar-refractivity contribution in [2.45, 2.75) is 6.42 Å². The van der Waals surface area contributed by atoms with Crippen molar-refractivity contribution in [1.29, 1.82) is 0 Å². The fourth-order valence-electron chi connectivity index (χ4n) is 3.12. The van der Waals surface area contributed by atoms with Crippen LogP contribution in [0.1, 0.15) is 15.9 Å². The van der Waals surface area contributed by atoms with Crippen LogP contribution < -0.4 is 4.74 Å².